The van der Waals surface area contributed by atoms with Crippen molar-refractivity contribution in [1.82, 2.24) is 0 Å². The molecule has 0 heterocycles. The summed E-state index contributed by atoms with van der Waals surface area (Å²) >= 11 is 0. The normalized spacial score (nSPS) is 11.7. The fourth-order valence-corrected chi connectivity index (χ4v) is 2.20. The van der Waals surface area contributed by atoms with Crippen LogP contribution in [0.2, 0.25) is 0 Å². The van der Waals surface area contributed by atoms with Crippen LogP contribution in [0.1, 0.15) is 24.2 Å². The first kappa shape index (κ1) is 16.4. The molecular weight excluding hydrogens is 302 g/mol. The fraction of sp³-hybridized carbons (Fsp3) is 0.188. The molecule has 7 heteroatoms. The number of nitro groups is 1. The number of non-ortho nitro benzene ring substituents is 1. The summed E-state index contributed by atoms with van der Waals surface area (Å²) in [5.74, 6) is 0.00500. The third-order valence-electron chi connectivity index (χ3n) is 3.12. The van der Waals surface area contributed by atoms with Crippen molar-refractivity contribution in [3.8, 4) is 5.75 Å². The van der Waals surface area contributed by atoms with Crippen molar-refractivity contribution in [2.45, 2.75) is 13.0 Å². The summed E-state index contributed by atoms with van der Waals surface area (Å²) in [7, 11) is 0. The molecule has 0 amide bonds. The Morgan fingerprint density at radius 2 is 1.96 bits per heavy atom. The molecular formula is C16H15NO6. The van der Waals surface area contributed by atoms with Gasteiger partial charge in [0.15, 0.2) is 0 Å². The lowest BCUT2D eigenvalue weighted by molar-refractivity contribution is -0.385. The van der Waals surface area contributed by atoms with Gasteiger partial charge in [0.25, 0.3) is 5.69 Å². The van der Waals surface area contributed by atoms with Gasteiger partial charge >= 0.3 is 6.16 Å². The number of nitro benzene ring substituents is 1. The molecule has 23 heavy (non-hydrogen) atoms. The van der Waals surface area contributed by atoms with E-state index in [-0.39, 0.29) is 17.0 Å². The second kappa shape index (κ2) is 7.37. The maximum atomic E-state index is 11.0. The number of hydrogen-bond donors (Lipinski definition) is 1. The van der Waals surface area contributed by atoms with Crippen LogP contribution >= 0.6 is 0 Å². The monoisotopic (exact) mass is 317 g/mol. The summed E-state index contributed by atoms with van der Waals surface area (Å²) in [6, 6.07) is 12.7. The van der Waals surface area contributed by atoms with E-state index in [0.29, 0.717) is 6.61 Å². The molecule has 120 valence electrons. The Bertz CT molecular complexity index is 701. The van der Waals surface area contributed by atoms with E-state index in [1.807, 2.05) is 6.07 Å². The molecule has 0 fully saturated rings. The third kappa shape index (κ3) is 4.04. The number of nitrogens with zero attached hydrogens (tertiary/aromatic N) is 1. The van der Waals surface area contributed by atoms with Crippen molar-refractivity contribution in [1.29, 1.82) is 0 Å². The number of carboxylic acid groups (broad SMARTS) is 1. The van der Waals surface area contributed by atoms with Crippen molar-refractivity contribution in [3.63, 3.8) is 0 Å². The average Bonchev–Trinajstić information content (AvgIpc) is 2.53. The van der Waals surface area contributed by atoms with Gasteiger partial charge in [-0.1, -0.05) is 30.3 Å². The highest BCUT2D eigenvalue weighted by atomic mass is 16.7. The van der Waals surface area contributed by atoms with Crippen LogP contribution in [0.25, 0.3) is 0 Å². The van der Waals surface area contributed by atoms with Crippen LogP contribution in [-0.4, -0.2) is 22.8 Å². The predicted octanol–water partition coefficient (Wildman–Crippen LogP) is 3.78. The minimum atomic E-state index is -1.50. The first-order chi connectivity index (χ1) is 11.0. The van der Waals surface area contributed by atoms with Crippen LogP contribution in [0.15, 0.2) is 48.5 Å². The quantitative estimate of drug-likeness (QED) is 0.377. The lowest BCUT2D eigenvalue weighted by Gasteiger charge is -2.20. The molecule has 2 rings (SSSR count). The van der Waals surface area contributed by atoms with Gasteiger partial charge in [-0.2, -0.15) is 0 Å². The second-order valence-electron chi connectivity index (χ2n) is 4.59. The summed E-state index contributed by atoms with van der Waals surface area (Å²) in [4.78, 5) is 21.3. The van der Waals surface area contributed by atoms with Crippen molar-refractivity contribution in [3.05, 3.63) is 69.8 Å². The van der Waals surface area contributed by atoms with E-state index < -0.39 is 17.2 Å². The number of hydrogen-bond acceptors (Lipinski definition) is 5. The highest BCUT2D eigenvalue weighted by molar-refractivity contribution is 5.63. The van der Waals surface area contributed by atoms with Gasteiger partial charge in [-0.15, -0.1) is 0 Å². The molecule has 7 nitrogen and oxygen atoms in total. The molecule has 0 aliphatic carbocycles. The lowest BCUT2D eigenvalue weighted by atomic mass is 10.00. The predicted molar refractivity (Wildman–Crippen MR) is 81.7 cm³/mol. The number of benzene rings is 2. The van der Waals surface area contributed by atoms with Gasteiger partial charge in [-0.3, -0.25) is 10.1 Å². The van der Waals surface area contributed by atoms with Gasteiger partial charge < -0.3 is 14.6 Å². The molecule has 2 aromatic rings. The first-order valence-corrected chi connectivity index (χ1v) is 6.88. The van der Waals surface area contributed by atoms with E-state index in [1.165, 1.54) is 18.2 Å². The number of ether oxygens (including phenoxy) is 2. The molecule has 0 saturated carbocycles. The Kier molecular flexibility index (Phi) is 5.27. The fourth-order valence-electron chi connectivity index (χ4n) is 2.20. The number of rotatable bonds is 6. The van der Waals surface area contributed by atoms with Gasteiger partial charge in [0.2, 0.25) is 0 Å². The van der Waals surface area contributed by atoms with E-state index in [4.69, 9.17) is 14.6 Å². The maximum Gasteiger partial charge on any atom is 0.511 e. The smallest absolute Gasteiger partial charge is 0.449 e. The number of carbonyl (C=O) groups is 1. The van der Waals surface area contributed by atoms with E-state index in [2.05, 4.69) is 0 Å². The molecule has 1 atom stereocenters. The Hall–Kier alpha value is -2.93. The van der Waals surface area contributed by atoms with Crippen LogP contribution in [0, 0.1) is 10.1 Å². The summed E-state index contributed by atoms with van der Waals surface area (Å²) in [5, 5.41) is 19.9. The van der Waals surface area contributed by atoms with Gasteiger partial charge in [0.05, 0.1) is 4.92 Å². The molecule has 0 aliphatic heterocycles. The largest absolute Gasteiger partial charge is 0.511 e. The van der Waals surface area contributed by atoms with Crippen LogP contribution in [0.5, 0.6) is 5.75 Å². The van der Waals surface area contributed by atoms with Gasteiger partial charge in [-0.05, 0) is 18.6 Å². The molecule has 0 aliphatic rings. The Labute approximate surface area is 132 Å². The summed E-state index contributed by atoms with van der Waals surface area (Å²) in [6.07, 6.45) is -2.17. The zero-order chi connectivity index (χ0) is 16.8. The maximum absolute atomic E-state index is 11.0. The molecule has 1 N–H and O–H groups in total. The molecule has 0 saturated heterocycles. The third-order valence-corrected chi connectivity index (χ3v) is 3.12. The Balaban J connectivity index is 2.56. The van der Waals surface area contributed by atoms with E-state index >= 15 is 0 Å². The van der Waals surface area contributed by atoms with E-state index in [0.717, 1.165) is 5.56 Å². The minimum absolute atomic E-state index is 0.00500. The van der Waals surface area contributed by atoms with Crippen molar-refractivity contribution in [2.75, 3.05) is 6.61 Å². The molecule has 0 spiro atoms. The molecule has 1 unspecified atom stereocenters. The van der Waals surface area contributed by atoms with Crippen LogP contribution in [0.3, 0.4) is 0 Å². The zero-order valence-electron chi connectivity index (χ0n) is 12.3. The average molecular weight is 317 g/mol. The van der Waals surface area contributed by atoms with Crippen LogP contribution in [-0.2, 0) is 4.74 Å². The first-order valence-electron chi connectivity index (χ1n) is 6.88. The van der Waals surface area contributed by atoms with E-state index in [9.17, 15) is 14.9 Å². The van der Waals surface area contributed by atoms with Gasteiger partial charge in [-0.25, -0.2) is 4.79 Å². The lowest BCUT2D eigenvalue weighted by Crippen LogP contribution is -2.11. The van der Waals surface area contributed by atoms with Gasteiger partial charge in [0.1, 0.15) is 11.9 Å². The van der Waals surface area contributed by atoms with Gasteiger partial charge in [0, 0.05) is 24.3 Å². The summed E-state index contributed by atoms with van der Waals surface area (Å²) in [6.45, 7) is 2.12. The molecule has 0 bridgehead atoms. The minimum Gasteiger partial charge on any atom is -0.449 e. The van der Waals surface area contributed by atoms with Crippen molar-refractivity contribution < 1.29 is 24.3 Å². The van der Waals surface area contributed by atoms with Crippen LogP contribution in [0.4, 0.5) is 10.5 Å². The highest BCUT2D eigenvalue weighted by Crippen LogP contribution is 2.35. The Morgan fingerprint density at radius 3 is 2.52 bits per heavy atom. The van der Waals surface area contributed by atoms with Crippen molar-refractivity contribution >= 4 is 11.8 Å². The zero-order valence-corrected chi connectivity index (χ0v) is 12.3. The van der Waals surface area contributed by atoms with E-state index in [1.54, 1.807) is 31.2 Å². The second-order valence-corrected chi connectivity index (χ2v) is 4.59. The molecule has 0 aromatic heterocycles. The summed E-state index contributed by atoms with van der Waals surface area (Å²) < 4.78 is 10.4. The van der Waals surface area contributed by atoms with Crippen LogP contribution < -0.4 is 4.74 Å². The Morgan fingerprint density at radius 1 is 1.26 bits per heavy atom. The molecule has 0 radical (unpaired) electrons. The SMILES string of the molecule is CCOC(c1ccccc1)c1cc([N+](=O)[O-])ccc1OC(=O)O. The summed E-state index contributed by atoms with van der Waals surface area (Å²) in [5.41, 5.74) is 0.859. The topological polar surface area (TPSA) is 98.9 Å². The highest BCUT2D eigenvalue weighted by Gasteiger charge is 2.23. The standard InChI is InChI=1S/C16H15NO6/c1-2-22-15(11-6-4-3-5-7-11)13-10-12(17(20)21)8-9-14(13)23-16(18)19/h3-10,15H,2H2,1H3,(H,18,19). The van der Waals surface area contributed by atoms with Crippen molar-refractivity contribution in [2.24, 2.45) is 0 Å². The molecule has 2 aromatic carbocycles.